The first kappa shape index (κ1) is 31.9. The summed E-state index contributed by atoms with van der Waals surface area (Å²) < 4.78 is 12.0. The van der Waals surface area contributed by atoms with Gasteiger partial charge in [-0.3, -0.25) is 4.79 Å². The molecule has 0 aromatic heterocycles. The van der Waals surface area contributed by atoms with Crippen molar-refractivity contribution >= 4 is 5.97 Å². The van der Waals surface area contributed by atoms with Crippen molar-refractivity contribution in [1.82, 2.24) is 0 Å². The Labute approximate surface area is 257 Å². The van der Waals surface area contributed by atoms with Crippen LogP contribution in [0.1, 0.15) is 106 Å². The number of carboxylic acid groups (broad SMARTS) is 1. The van der Waals surface area contributed by atoms with E-state index in [4.69, 9.17) is 9.47 Å². The molecular formula is C35H56O8. The van der Waals surface area contributed by atoms with Crippen LogP contribution in [0.15, 0.2) is 11.6 Å². The molecule has 5 fully saturated rings. The van der Waals surface area contributed by atoms with Gasteiger partial charge in [0.15, 0.2) is 6.29 Å². The smallest absolute Gasteiger partial charge is 0.310 e. The van der Waals surface area contributed by atoms with E-state index in [1.807, 2.05) is 0 Å². The second-order valence-corrected chi connectivity index (χ2v) is 17.3. The summed E-state index contributed by atoms with van der Waals surface area (Å²) in [5, 5.41) is 52.3. The van der Waals surface area contributed by atoms with E-state index in [-0.39, 0.29) is 52.8 Å². The van der Waals surface area contributed by atoms with Gasteiger partial charge in [0, 0.05) is 5.41 Å². The summed E-state index contributed by atoms with van der Waals surface area (Å²) in [5.74, 6) is 0.0529. The Balaban J connectivity index is 1.32. The fraction of sp³-hybridized carbons (Fsp3) is 0.914. The van der Waals surface area contributed by atoms with Crippen LogP contribution < -0.4 is 0 Å². The number of fused-ring (bicyclic) bond motifs is 7. The van der Waals surface area contributed by atoms with E-state index in [0.29, 0.717) is 12.3 Å². The fourth-order valence-electron chi connectivity index (χ4n) is 11.9. The van der Waals surface area contributed by atoms with E-state index in [1.165, 1.54) is 5.57 Å². The van der Waals surface area contributed by atoms with E-state index in [9.17, 15) is 30.3 Å². The average Bonchev–Trinajstić information content (AvgIpc) is 2.94. The lowest BCUT2D eigenvalue weighted by Gasteiger charge is -2.71. The van der Waals surface area contributed by atoms with Crippen LogP contribution in [0, 0.1) is 50.2 Å². The Morgan fingerprint density at radius 2 is 1.63 bits per heavy atom. The van der Waals surface area contributed by atoms with Crippen LogP contribution in [0.5, 0.6) is 0 Å². The molecule has 5 aliphatic carbocycles. The Bertz CT molecular complexity index is 1150. The monoisotopic (exact) mass is 604 g/mol. The van der Waals surface area contributed by atoms with Gasteiger partial charge in [-0.15, -0.1) is 0 Å². The molecule has 0 bridgehead atoms. The maximum Gasteiger partial charge on any atom is 0.310 e. The minimum atomic E-state index is -1.36. The Morgan fingerprint density at radius 1 is 0.930 bits per heavy atom. The Morgan fingerprint density at radius 3 is 2.30 bits per heavy atom. The topological polar surface area (TPSA) is 137 Å². The Kier molecular flexibility index (Phi) is 7.60. The Hall–Kier alpha value is -1.03. The highest BCUT2D eigenvalue weighted by molar-refractivity contribution is 5.76. The van der Waals surface area contributed by atoms with E-state index >= 15 is 0 Å². The van der Waals surface area contributed by atoms with Gasteiger partial charge in [-0.05, 0) is 104 Å². The standard InChI is InChI=1S/C35H56O8/c1-30(2)13-15-35(29(40)41)16-14-33(5)20(21(35)17-30)7-8-24-31(3)11-10-25(43-28-27(39)26(38)22(37)18-42-28)32(4,19-36)23(31)9-12-34(24,33)6/h7,21-28,36-39H,8-19H2,1-6H3,(H,40,41)/t21-,22+,23+,24+,25-,26+,27+,28-,31-,32?,33+,34+,35-/m0/s1. The lowest BCUT2D eigenvalue weighted by atomic mass is 9.33. The predicted molar refractivity (Wildman–Crippen MR) is 161 cm³/mol. The van der Waals surface area contributed by atoms with Crippen molar-refractivity contribution < 1.29 is 39.8 Å². The maximum absolute atomic E-state index is 12.9. The molecular weight excluding hydrogens is 548 g/mol. The molecule has 6 rings (SSSR count). The number of hydrogen-bond acceptors (Lipinski definition) is 7. The first-order valence-electron chi connectivity index (χ1n) is 16.9. The largest absolute Gasteiger partial charge is 0.481 e. The van der Waals surface area contributed by atoms with E-state index in [1.54, 1.807) is 0 Å². The van der Waals surface area contributed by atoms with Gasteiger partial charge in [0.05, 0.1) is 24.7 Å². The number of ether oxygens (including phenoxy) is 2. The third-order valence-corrected chi connectivity index (χ3v) is 14.9. The number of carbonyl (C=O) groups is 1. The zero-order valence-corrected chi connectivity index (χ0v) is 27.1. The predicted octanol–water partition coefficient (Wildman–Crippen LogP) is 4.67. The van der Waals surface area contributed by atoms with Crippen LogP contribution in [-0.2, 0) is 14.3 Å². The SMILES string of the molecule is CC1(C)CC[C@]2(C(=O)O)CC[C@]3(C)C(=CC[C@@H]4[C@@]5(C)CC[C@H](O[C@@H]6OC[C@@H](O)[C@@H](O)[C@H]6O)C(C)(CO)[C@@H]5CC[C@]43C)[C@@H]2C1. The average molecular weight is 605 g/mol. The zero-order chi connectivity index (χ0) is 31.4. The molecule has 1 heterocycles. The van der Waals surface area contributed by atoms with Crippen LogP contribution in [0.3, 0.4) is 0 Å². The highest BCUT2D eigenvalue weighted by Crippen LogP contribution is 2.76. The fourth-order valence-corrected chi connectivity index (χ4v) is 11.9. The number of aliphatic carboxylic acids is 1. The van der Waals surface area contributed by atoms with Gasteiger partial charge >= 0.3 is 5.97 Å². The molecule has 0 radical (unpaired) electrons. The first-order valence-corrected chi connectivity index (χ1v) is 16.9. The molecule has 8 nitrogen and oxygen atoms in total. The molecule has 0 amide bonds. The second kappa shape index (κ2) is 10.2. The normalized spacial score (nSPS) is 54.3. The maximum atomic E-state index is 12.9. The van der Waals surface area contributed by atoms with Crippen molar-refractivity contribution in [1.29, 1.82) is 0 Å². The quantitative estimate of drug-likeness (QED) is 0.231. The molecule has 5 N–H and O–H groups in total. The third kappa shape index (κ3) is 4.32. The van der Waals surface area contributed by atoms with Gasteiger partial charge in [0.1, 0.15) is 18.3 Å². The summed E-state index contributed by atoms with van der Waals surface area (Å²) >= 11 is 0. The van der Waals surface area contributed by atoms with E-state index < -0.39 is 41.4 Å². The van der Waals surface area contributed by atoms with Crippen molar-refractivity contribution in [3.05, 3.63) is 11.6 Å². The van der Waals surface area contributed by atoms with Crippen molar-refractivity contribution in [3.8, 4) is 0 Å². The van der Waals surface area contributed by atoms with Gasteiger partial charge in [0.25, 0.3) is 0 Å². The molecule has 13 atom stereocenters. The summed E-state index contributed by atoms with van der Waals surface area (Å²) in [6.45, 7) is 13.9. The minimum absolute atomic E-state index is 0.0154. The molecule has 0 spiro atoms. The zero-order valence-electron chi connectivity index (χ0n) is 27.1. The van der Waals surface area contributed by atoms with Crippen LogP contribution in [0.4, 0.5) is 0 Å². The molecule has 1 unspecified atom stereocenters. The van der Waals surface area contributed by atoms with Gasteiger partial charge < -0.3 is 35.0 Å². The molecule has 8 heteroatoms. The van der Waals surface area contributed by atoms with Gasteiger partial charge in [-0.25, -0.2) is 0 Å². The molecule has 4 saturated carbocycles. The van der Waals surface area contributed by atoms with Crippen molar-refractivity contribution in [3.63, 3.8) is 0 Å². The molecule has 244 valence electrons. The summed E-state index contributed by atoms with van der Waals surface area (Å²) in [6.07, 6.45) is 6.03. The van der Waals surface area contributed by atoms with Crippen molar-refractivity contribution in [2.45, 2.75) is 136 Å². The van der Waals surface area contributed by atoms with Gasteiger partial charge in [-0.2, -0.15) is 0 Å². The molecule has 43 heavy (non-hydrogen) atoms. The van der Waals surface area contributed by atoms with Crippen LogP contribution in [-0.4, -0.2) is 75.4 Å². The molecule has 0 aromatic carbocycles. The van der Waals surface area contributed by atoms with Crippen molar-refractivity contribution in [2.24, 2.45) is 50.2 Å². The van der Waals surface area contributed by atoms with Gasteiger partial charge in [0.2, 0.25) is 0 Å². The van der Waals surface area contributed by atoms with Gasteiger partial charge in [-0.1, -0.05) is 53.2 Å². The lowest BCUT2D eigenvalue weighted by Crippen LogP contribution is -2.66. The second-order valence-electron chi connectivity index (χ2n) is 17.3. The van der Waals surface area contributed by atoms with E-state index in [0.717, 1.165) is 57.8 Å². The van der Waals surface area contributed by atoms with Crippen LogP contribution >= 0.6 is 0 Å². The highest BCUT2D eigenvalue weighted by Gasteiger charge is 2.70. The summed E-state index contributed by atoms with van der Waals surface area (Å²) in [7, 11) is 0. The van der Waals surface area contributed by atoms with Crippen LogP contribution in [0.25, 0.3) is 0 Å². The number of allylic oxidation sites excluding steroid dienone is 2. The summed E-state index contributed by atoms with van der Waals surface area (Å²) in [4.78, 5) is 12.9. The number of aliphatic hydroxyl groups is 4. The third-order valence-electron chi connectivity index (χ3n) is 14.9. The summed E-state index contributed by atoms with van der Waals surface area (Å²) in [5.41, 5.74) is 0.232. The number of aliphatic hydroxyl groups excluding tert-OH is 4. The van der Waals surface area contributed by atoms with Crippen molar-refractivity contribution in [2.75, 3.05) is 13.2 Å². The number of hydrogen-bond donors (Lipinski definition) is 5. The minimum Gasteiger partial charge on any atom is -0.481 e. The van der Waals surface area contributed by atoms with E-state index in [2.05, 4.69) is 47.6 Å². The highest BCUT2D eigenvalue weighted by atomic mass is 16.7. The lowest BCUT2D eigenvalue weighted by molar-refractivity contribution is -0.312. The molecule has 6 aliphatic rings. The molecule has 1 saturated heterocycles. The molecule has 1 aliphatic heterocycles. The molecule has 0 aromatic rings. The number of rotatable bonds is 4. The number of carboxylic acids is 1. The van der Waals surface area contributed by atoms with Crippen LogP contribution in [0.2, 0.25) is 0 Å². The summed E-state index contributed by atoms with van der Waals surface area (Å²) in [6, 6.07) is 0. The first-order chi connectivity index (χ1) is 20.0.